The van der Waals surface area contributed by atoms with Crippen LogP contribution in [0.15, 0.2) is 24.3 Å². The topological polar surface area (TPSA) is 79.3 Å². The van der Waals surface area contributed by atoms with Gasteiger partial charge in [0.05, 0.1) is 12.1 Å². The predicted molar refractivity (Wildman–Crippen MR) is 86.7 cm³/mol. The number of thiazole rings is 1. The second-order valence-corrected chi connectivity index (χ2v) is 6.41. The van der Waals surface area contributed by atoms with Gasteiger partial charge in [-0.25, -0.2) is 9.78 Å². The number of hydrogen-bond acceptors (Lipinski definition) is 4. The molecule has 0 fully saturated rings. The molecule has 1 heterocycles. The van der Waals surface area contributed by atoms with E-state index in [2.05, 4.69) is 24.1 Å². The average molecular weight is 318 g/mol. The van der Waals surface area contributed by atoms with E-state index < -0.39 is 5.97 Å². The maximum Gasteiger partial charge on any atom is 0.347 e. The van der Waals surface area contributed by atoms with E-state index in [4.69, 9.17) is 5.11 Å². The maximum absolute atomic E-state index is 12.0. The first kappa shape index (κ1) is 16.2. The number of carbonyl (C=O) groups excluding carboxylic acids is 1. The third-order valence-electron chi connectivity index (χ3n) is 3.21. The van der Waals surface area contributed by atoms with Crippen LogP contribution in [-0.2, 0) is 11.2 Å². The molecule has 2 rings (SSSR count). The first-order valence-electron chi connectivity index (χ1n) is 6.96. The summed E-state index contributed by atoms with van der Waals surface area (Å²) in [6, 6.07) is 7.69. The molecule has 5 nitrogen and oxygen atoms in total. The maximum atomic E-state index is 12.0. The van der Waals surface area contributed by atoms with Crippen molar-refractivity contribution in [1.82, 2.24) is 4.98 Å². The fourth-order valence-corrected chi connectivity index (χ4v) is 2.92. The van der Waals surface area contributed by atoms with Crippen LogP contribution in [0.5, 0.6) is 0 Å². The summed E-state index contributed by atoms with van der Waals surface area (Å²) in [6.45, 7) is 5.85. The smallest absolute Gasteiger partial charge is 0.347 e. The number of nitrogens with zero attached hydrogens (tertiary/aromatic N) is 1. The number of carboxylic acids is 1. The lowest BCUT2D eigenvalue weighted by Crippen LogP contribution is -2.14. The quantitative estimate of drug-likeness (QED) is 0.885. The lowest BCUT2D eigenvalue weighted by molar-refractivity contribution is -0.115. The molecule has 116 valence electrons. The zero-order chi connectivity index (χ0) is 16.3. The first-order chi connectivity index (χ1) is 10.4. The molecule has 2 aromatic rings. The minimum absolute atomic E-state index is 0.0741. The van der Waals surface area contributed by atoms with Gasteiger partial charge in [-0.05, 0) is 30.5 Å². The van der Waals surface area contributed by atoms with Gasteiger partial charge in [-0.3, -0.25) is 4.79 Å². The Kier molecular flexibility index (Phi) is 4.92. The van der Waals surface area contributed by atoms with Crippen molar-refractivity contribution < 1.29 is 14.7 Å². The number of hydrogen-bond donors (Lipinski definition) is 2. The van der Waals surface area contributed by atoms with Crippen molar-refractivity contribution in [1.29, 1.82) is 0 Å². The number of carboxylic acid groups (broad SMARTS) is 1. The predicted octanol–water partition coefficient (Wildman–Crippen LogP) is 3.45. The van der Waals surface area contributed by atoms with Crippen molar-refractivity contribution in [2.45, 2.75) is 33.1 Å². The minimum atomic E-state index is -1.01. The monoisotopic (exact) mass is 318 g/mol. The number of aryl methyl sites for hydroxylation is 1. The van der Waals surface area contributed by atoms with Gasteiger partial charge in [-0.2, -0.15) is 0 Å². The van der Waals surface area contributed by atoms with Crippen LogP contribution in [0.4, 0.5) is 5.69 Å². The largest absolute Gasteiger partial charge is 0.477 e. The number of aromatic nitrogens is 1. The number of rotatable bonds is 5. The summed E-state index contributed by atoms with van der Waals surface area (Å²) in [7, 11) is 0. The van der Waals surface area contributed by atoms with Crippen molar-refractivity contribution in [3.8, 4) is 0 Å². The van der Waals surface area contributed by atoms with Crippen LogP contribution in [0, 0.1) is 6.92 Å². The Morgan fingerprint density at radius 3 is 2.41 bits per heavy atom. The van der Waals surface area contributed by atoms with E-state index in [0.717, 1.165) is 17.0 Å². The molecule has 0 atom stereocenters. The third-order valence-corrected chi connectivity index (χ3v) is 4.35. The van der Waals surface area contributed by atoms with E-state index in [0.29, 0.717) is 16.6 Å². The third kappa shape index (κ3) is 3.92. The molecule has 0 aliphatic carbocycles. The number of anilines is 1. The second kappa shape index (κ2) is 6.70. The lowest BCUT2D eigenvalue weighted by atomic mass is 10.0. The molecule has 0 spiro atoms. The van der Waals surface area contributed by atoms with Crippen molar-refractivity contribution in [2.24, 2.45) is 0 Å². The molecule has 0 saturated heterocycles. The lowest BCUT2D eigenvalue weighted by Gasteiger charge is -2.07. The molecule has 0 unspecified atom stereocenters. The van der Waals surface area contributed by atoms with Gasteiger partial charge in [0.1, 0.15) is 9.88 Å². The normalized spacial score (nSPS) is 10.7. The Labute approximate surface area is 133 Å². The molecule has 2 N–H and O–H groups in total. The summed E-state index contributed by atoms with van der Waals surface area (Å²) in [6.07, 6.45) is 0.0741. The van der Waals surface area contributed by atoms with E-state index in [-0.39, 0.29) is 17.2 Å². The molecule has 0 aliphatic rings. The average Bonchev–Trinajstić information content (AvgIpc) is 2.80. The molecule has 22 heavy (non-hydrogen) atoms. The molecule has 6 heteroatoms. The fraction of sp³-hybridized carbons (Fsp3) is 0.312. The zero-order valence-electron chi connectivity index (χ0n) is 12.7. The summed E-state index contributed by atoms with van der Waals surface area (Å²) in [5.74, 6) is -0.772. The Bertz CT molecular complexity index is 690. The van der Waals surface area contributed by atoms with Crippen molar-refractivity contribution in [3.05, 3.63) is 45.4 Å². The highest BCUT2D eigenvalue weighted by atomic mass is 32.1. The van der Waals surface area contributed by atoms with Crippen LogP contribution >= 0.6 is 11.3 Å². The van der Waals surface area contributed by atoms with Crippen LogP contribution in [0.3, 0.4) is 0 Å². The minimum Gasteiger partial charge on any atom is -0.477 e. The van der Waals surface area contributed by atoms with E-state index >= 15 is 0 Å². The standard InChI is InChI=1S/C16H18N2O3S/c1-9(2)11-4-6-12(7-5-11)18-13(19)8-14-17-10(3)15(22-14)16(20)21/h4-7,9H,8H2,1-3H3,(H,18,19)(H,20,21). The molecule has 0 bridgehead atoms. The van der Waals surface area contributed by atoms with Gasteiger partial charge in [0.25, 0.3) is 0 Å². The highest BCUT2D eigenvalue weighted by Crippen LogP contribution is 2.20. The molecule has 1 aromatic carbocycles. The zero-order valence-corrected chi connectivity index (χ0v) is 13.5. The summed E-state index contributed by atoms with van der Waals surface area (Å²) in [5, 5.41) is 12.3. The van der Waals surface area contributed by atoms with Crippen LogP contribution in [0.1, 0.15) is 45.7 Å². The van der Waals surface area contributed by atoms with Crippen molar-refractivity contribution >= 4 is 28.9 Å². The Morgan fingerprint density at radius 2 is 1.91 bits per heavy atom. The van der Waals surface area contributed by atoms with Gasteiger partial charge in [0, 0.05) is 5.69 Å². The van der Waals surface area contributed by atoms with Gasteiger partial charge < -0.3 is 10.4 Å². The highest BCUT2D eigenvalue weighted by Gasteiger charge is 2.16. The highest BCUT2D eigenvalue weighted by molar-refractivity contribution is 7.13. The fourth-order valence-electron chi connectivity index (χ4n) is 2.02. The van der Waals surface area contributed by atoms with Gasteiger partial charge in [-0.1, -0.05) is 26.0 Å². The summed E-state index contributed by atoms with van der Waals surface area (Å²) < 4.78 is 0. The van der Waals surface area contributed by atoms with E-state index in [9.17, 15) is 9.59 Å². The SMILES string of the molecule is Cc1nc(CC(=O)Nc2ccc(C(C)C)cc2)sc1C(=O)O. The number of amides is 1. The number of nitrogens with one attached hydrogen (secondary N) is 1. The van der Waals surface area contributed by atoms with E-state index in [1.54, 1.807) is 6.92 Å². The number of benzene rings is 1. The summed E-state index contributed by atoms with van der Waals surface area (Å²) in [5.41, 5.74) is 2.38. The molecular weight excluding hydrogens is 300 g/mol. The second-order valence-electron chi connectivity index (χ2n) is 5.33. The van der Waals surface area contributed by atoms with Crippen LogP contribution < -0.4 is 5.32 Å². The molecule has 0 radical (unpaired) electrons. The van der Waals surface area contributed by atoms with Gasteiger partial charge in [-0.15, -0.1) is 11.3 Å². The first-order valence-corrected chi connectivity index (χ1v) is 7.78. The number of carbonyl (C=O) groups is 2. The van der Waals surface area contributed by atoms with Crippen LogP contribution in [0.2, 0.25) is 0 Å². The van der Waals surface area contributed by atoms with Gasteiger partial charge in [0.2, 0.25) is 5.91 Å². The van der Waals surface area contributed by atoms with Crippen molar-refractivity contribution in [3.63, 3.8) is 0 Å². The number of aromatic carboxylic acids is 1. The van der Waals surface area contributed by atoms with Crippen LogP contribution in [-0.4, -0.2) is 22.0 Å². The van der Waals surface area contributed by atoms with Gasteiger partial charge in [0.15, 0.2) is 0 Å². The Balaban J connectivity index is 2.01. The summed E-state index contributed by atoms with van der Waals surface area (Å²) >= 11 is 1.04. The Hall–Kier alpha value is -2.21. The van der Waals surface area contributed by atoms with Crippen molar-refractivity contribution in [2.75, 3.05) is 5.32 Å². The Morgan fingerprint density at radius 1 is 1.27 bits per heavy atom. The molecule has 0 saturated carbocycles. The van der Waals surface area contributed by atoms with E-state index in [1.807, 2.05) is 24.3 Å². The molecule has 1 aromatic heterocycles. The van der Waals surface area contributed by atoms with E-state index in [1.165, 1.54) is 5.56 Å². The summed E-state index contributed by atoms with van der Waals surface area (Å²) in [4.78, 5) is 27.3. The van der Waals surface area contributed by atoms with Gasteiger partial charge >= 0.3 is 5.97 Å². The van der Waals surface area contributed by atoms with Crippen LogP contribution in [0.25, 0.3) is 0 Å². The molecular formula is C16H18N2O3S. The molecule has 1 amide bonds. The molecule has 0 aliphatic heterocycles.